The summed E-state index contributed by atoms with van der Waals surface area (Å²) >= 11 is 0. The molecule has 1 unspecified atom stereocenters. The first-order valence-corrected chi connectivity index (χ1v) is 8.49. The molecule has 0 aromatic carbocycles. The van der Waals surface area contributed by atoms with Crippen molar-refractivity contribution in [3.8, 4) is 0 Å². The van der Waals surface area contributed by atoms with Crippen molar-refractivity contribution in [2.24, 2.45) is 11.8 Å². The van der Waals surface area contributed by atoms with Gasteiger partial charge in [-0.3, -0.25) is 4.79 Å². The number of nitrogens with one attached hydrogen (secondary N) is 1. The molecule has 1 aliphatic heterocycles. The van der Waals surface area contributed by atoms with E-state index in [0.29, 0.717) is 31.5 Å². The number of rotatable bonds is 7. The third-order valence-electron chi connectivity index (χ3n) is 4.38. The van der Waals surface area contributed by atoms with E-state index >= 15 is 0 Å². The van der Waals surface area contributed by atoms with Crippen molar-refractivity contribution < 1.29 is 14.6 Å². The van der Waals surface area contributed by atoms with Gasteiger partial charge >= 0.3 is 5.97 Å². The Morgan fingerprint density at radius 1 is 1.38 bits per heavy atom. The minimum atomic E-state index is -0.764. The number of aromatic nitrogens is 2. The fraction of sp³-hybridized carbons (Fsp3) is 0.706. The summed E-state index contributed by atoms with van der Waals surface area (Å²) in [6.07, 6.45) is 1.59. The van der Waals surface area contributed by atoms with E-state index in [0.717, 1.165) is 18.5 Å². The molecule has 2 rings (SSSR count). The monoisotopic (exact) mass is 336 g/mol. The zero-order chi connectivity index (χ0) is 17.7. The Balaban J connectivity index is 2.12. The lowest BCUT2D eigenvalue weighted by Gasteiger charge is -2.28. The van der Waals surface area contributed by atoms with Crippen molar-refractivity contribution in [1.82, 2.24) is 9.97 Å². The van der Waals surface area contributed by atoms with Gasteiger partial charge in [0.05, 0.1) is 11.6 Å². The molecule has 1 saturated heterocycles. The van der Waals surface area contributed by atoms with Crippen molar-refractivity contribution in [2.75, 3.05) is 44.1 Å². The molecule has 0 radical (unpaired) electrons. The molecule has 0 aliphatic carbocycles. The van der Waals surface area contributed by atoms with Crippen LogP contribution in [-0.4, -0.2) is 54.9 Å². The summed E-state index contributed by atoms with van der Waals surface area (Å²) < 4.78 is 5.34. The van der Waals surface area contributed by atoms with Crippen LogP contribution in [0.3, 0.4) is 0 Å². The van der Waals surface area contributed by atoms with Gasteiger partial charge in [-0.25, -0.2) is 4.98 Å². The zero-order valence-corrected chi connectivity index (χ0v) is 15.0. The minimum Gasteiger partial charge on any atom is -0.481 e. The number of hydrogen-bond acceptors (Lipinski definition) is 6. The van der Waals surface area contributed by atoms with Crippen molar-refractivity contribution in [1.29, 1.82) is 0 Å². The number of anilines is 2. The van der Waals surface area contributed by atoms with E-state index in [-0.39, 0.29) is 11.8 Å². The van der Waals surface area contributed by atoms with Crippen LogP contribution in [0.4, 0.5) is 11.8 Å². The molecule has 0 bridgehead atoms. The van der Waals surface area contributed by atoms with Gasteiger partial charge in [-0.15, -0.1) is 0 Å². The number of nitrogens with zero attached hydrogens (tertiary/aromatic N) is 3. The SMILES string of the molecule is CC(C)c1cc(NCC(C(=O)O)C2CCOCC2)nc(N(C)C)n1. The number of ether oxygens (including phenoxy) is 1. The van der Waals surface area contributed by atoms with E-state index in [4.69, 9.17) is 4.74 Å². The molecular formula is C17H28N4O3. The molecule has 7 nitrogen and oxygen atoms in total. The van der Waals surface area contributed by atoms with Crippen LogP contribution in [0.1, 0.15) is 38.3 Å². The summed E-state index contributed by atoms with van der Waals surface area (Å²) in [5.41, 5.74) is 0.939. The second-order valence-electron chi connectivity index (χ2n) is 6.80. The first kappa shape index (κ1) is 18.4. The lowest BCUT2D eigenvalue weighted by molar-refractivity contribution is -0.144. The van der Waals surface area contributed by atoms with Gasteiger partial charge in [0.25, 0.3) is 0 Å². The maximum Gasteiger partial charge on any atom is 0.308 e. The van der Waals surface area contributed by atoms with Crippen molar-refractivity contribution in [2.45, 2.75) is 32.6 Å². The number of aliphatic carboxylic acids is 1. The largest absolute Gasteiger partial charge is 0.481 e. The molecule has 1 atom stereocenters. The Morgan fingerprint density at radius 2 is 2.04 bits per heavy atom. The van der Waals surface area contributed by atoms with Gasteiger partial charge in [0, 0.05) is 39.9 Å². The summed E-state index contributed by atoms with van der Waals surface area (Å²) in [5.74, 6) is 0.522. The fourth-order valence-electron chi connectivity index (χ4n) is 2.83. The molecule has 0 amide bonds. The average Bonchev–Trinajstić information content (AvgIpc) is 2.55. The minimum absolute atomic E-state index is 0.142. The molecule has 1 aromatic rings. The predicted molar refractivity (Wildman–Crippen MR) is 93.6 cm³/mol. The molecule has 2 N–H and O–H groups in total. The molecule has 134 valence electrons. The second kappa shape index (κ2) is 8.28. The molecular weight excluding hydrogens is 308 g/mol. The summed E-state index contributed by atoms with van der Waals surface area (Å²) in [5, 5.41) is 12.8. The quantitative estimate of drug-likeness (QED) is 0.789. The molecule has 7 heteroatoms. The van der Waals surface area contributed by atoms with Crippen LogP contribution in [0.5, 0.6) is 0 Å². The van der Waals surface area contributed by atoms with Crippen LogP contribution in [0.15, 0.2) is 6.07 Å². The van der Waals surface area contributed by atoms with Crippen LogP contribution in [0, 0.1) is 11.8 Å². The highest BCUT2D eigenvalue weighted by atomic mass is 16.5. The van der Waals surface area contributed by atoms with Gasteiger partial charge in [-0.1, -0.05) is 13.8 Å². The molecule has 0 saturated carbocycles. The Labute approximate surface area is 143 Å². The van der Waals surface area contributed by atoms with Crippen molar-refractivity contribution >= 4 is 17.7 Å². The van der Waals surface area contributed by atoms with Gasteiger partial charge < -0.3 is 20.1 Å². The van der Waals surface area contributed by atoms with Crippen LogP contribution >= 0.6 is 0 Å². The fourth-order valence-corrected chi connectivity index (χ4v) is 2.83. The molecule has 1 aliphatic rings. The molecule has 2 heterocycles. The second-order valence-corrected chi connectivity index (χ2v) is 6.80. The van der Waals surface area contributed by atoms with Crippen LogP contribution in [0.2, 0.25) is 0 Å². The van der Waals surface area contributed by atoms with E-state index < -0.39 is 11.9 Å². The lowest BCUT2D eigenvalue weighted by atomic mass is 9.86. The lowest BCUT2D eigenvalue weighted by Crippen LogP contribution is -2.34. The molecule has 1 aromatic heterocycles. The summed E-state index contributed by atoms with van der Waals surface area (Å²) in [6, 6.07) is 1.90. The van der Waals surface area contributed by atoms with Crippen LogP contribution < -0.4 is 10.2 Å². The zero-order valence-electron chi connectivity index (χ0n) is 15.0. The van der Waals surface area contributed by atoms with E-state index in [1.165, 1.54) is 0 Å². The smallest absolute Gasteiger partial charge is 0.308 e. The molecule has 1 fully saturated rings. The topological polar surface area (TPSA) is 87.6 Å². The van der Waals surface area contributed by atoms with E-state index in [9.17, 15) is 9.90 Å². The van der Waals surface area contributed by atoms with Crippen molar-refractivity contribution in [3.63, 3.8) is 0 Å². The van der Waals surface area contributed by atoms with E-state index in [1.807, 2.05) is 25.1 Å². The molecule has 0 spiro atoms. The maximum absolute atomic E-state index is 11.6. The average molecular weight is 336 g/mol. The first-order chi connectivity index (χ1) is 11.4. The van der Waals surface area contributed by atoms with E-state index in [1.54, 1.807) is 0 Å². The van der Waals surface area contributed by atoms with Gasteiger partial charge in [0.15, 0.2) is 0 Å². The number of carboxylic acids is 1. The number of carboxylic acid groups (broad SMARTS) is 1. The summed E-state index contributed by atoms with van der Waals surface area (Å²) in [7, 11) is 3.79. The van der Waals surface area contributed by atoms with Crippen molar-refractivity contribution in [3.05, 3.63) is 11.8 Å². The summed E-state index contributed by atoms with van der Waals surface area (Å²) in [4.78, 5) is 22.5. The van der Waals surface area contributed by atoms with E-state index in [2.05, 4.69) is 29.1 Å². The number of hydrogen-bond donors (Lipinski definition) is 2. The summed E-state index contributed by atoms with van der Waals surface area (Å²) in [6.45, 7) is 5.80. The third-order valence-corrected chi connectivity index (χ3v) is 4.38. The highest BCUT2D eigenvalue weighted by Crippen LogP contribution is 2.25. The Bertz CT molecular complexity index is 531. The Morgan fingerprint density at radius 3 is 2.58 bits per heavy atom. The van der Waals surface area contributed by atoms with Gasteiger partial charge in [-0.05, 0) is 24.7 Å². The normalized spacial score (nSPS) is 16.9. The Kier molecular flexibility index (Phi) is 6.36. The predicted octanol–water partition coefficient (Wildman–Crippen LogP) is 2.21. The maximum atomic E-state index is 11.6. The Hall–Kier alpha value is -1.89. The highest BCUT2D eigenvalue weighted by Gasteiger charge is 2.29. The van der Waals surface area contributed by atoms with Gasteiger partial charge in [0.2, 0.25) is 5.95 Å². The highest BCUT2D eigenvalue weighted by molar-refractivity contribution is 5.71. The first-order valence-electron chi connectivity index (χ1n) is 8.49. The number of carbonyl (C=O) groups is 1. The van der Waals surface area contributed by atoms with Gasteiger partial charge in [0.1, 0.15) is 5.82 Å². The molecule has 24 heavy (non-hydrogen) atoms. The third kappa shape index (κ3) is 4.80. The van der Waals surface area contributed by atoms with Gasteiger partial charge in [-0.2, -0.15) is 4.98 Å². The van der Waals surface area contributed by atoms with Crippen LogP contribution in [0.25, 0.3) is 0 Å². The standard InChI is InChI=1S/C17H28N4O3/c1-11(2)14-9-15(20-17(19-14)21(3)4)18-10-13(16(22)23)12-5-7-24-8-6-12/h9,11-13H,5-8,10H2,1-4H3,(H,22,23)(H,18,19,20). The van der Waals surface area contributed by atoms with Crippen LogP contribution in [-0.2, 0) is 9.53 Å².